The second-order valence-electron chi connectivity index (χ2n) is 4.13. The first-order valence-electron chi connectivity index (χ1n) is 5.74. The van der Waals surface area contributed by atoms with Crippen LogP contribution in [-0.4, -0.2) is 24.2 Å². The van der Waals surface area contributed by atoms with Crippen LogP contribution in [0.2, 0.25) is 0 Å². The van der Waals surface area contributed by atoms with E-state index in [4.69, 9.17) is 4.74 Å². The van der Waals surface area contributed by atoms with Crippen LogP contribution in [0.25, 0.3) is 0 Å². The Labute approximate surface area is 105 Å². The topological polar surface area (TPSA) is 34.2 Å². The highest BCUT2D eigenvalue weighted by Gasteiger charge is 2.13. The first kappa shape index (κ1) is 11.9. The molecule has 2 rings (SSSR count). The van der Waals surface area contributed by atoms with E-state index in [2.05, 4.69) is 26.2 Å². The number of pyridine rings is 1. The van der Waals surface area contributed by atoms with Crippen LogP contribution in [-0.2, 0) is 4.74 Å². The van der Waals surface area contributed by atoms with Crippen LogP contribution in [0.15, 0.2) is 16.6 Å². The number of aromatic nitrogens is 1. The number of aryl methyl sites for hydroxylation is 1. The van der Waals surface area contributed by atoms with Gasteiger partial charge in [0.25, 0.3) is 0 Å². The van der Waals surface area contributed by atoms with Crippen LogP contribution < -0.4 is 5.32 Å². The summed E-state index contributed by atoms with van der Waals surface area (Å²) in [5.41, 5.74) is 1.01. The minimum atomic E-state index is 0.347. The van der Waals surface area contributed by atoms with Gasteiger partial charge in [-0.3, -0.25) is 0 Å². The van der Waals surface area contributed by atoms with Gasteiger partial charge in [0.1, 0.15) is 5.82 Å². The van der Waals surface area contributed by atoms with E-state index in [0.717, 1.165) is 35.6 Å². The predicted octanol–water partition coefficient (Wildman–Crippen LogP) is 3.13. The molecule has 16 heavy (non-hydrogen) atoms. The molecule has 88 valence electrons. The molecule has 1 atom stereocenters. The van der Waals surface area contributed by atoms with E-state index in [9.17, 15) is 0 Å². The minimum absolute atomic E-state index is 0.347. The van der Waals surface area contributed by atoms with Gasteiger partial charge in [-0.15, -0.1) is 0 Å². The number of rotatable bonds is 3. The summed E-state index contributed by atoms with van der Waals surface area (Å²) >= 11 is 3.44. The summed E-state index contributed by atoms with van der Waals surface area (Å²) in [7, 11) is 0. The van der Waals surface area contributed by atoms with E-state index in [-0.39, 0.29) is 0 Å². The van der Waals surface area contributed by atoms with Crippen LogP contribution in [0, 0.1) is 6.92 Å². The molecule has 1 aromatic heterocycles. The van der Waals surface area contributed by atoms with Crippen molar-refractivity contribution in [1.29, 1.82) is 0 Å². The third-order valence-corrected chi connectivity index (χ3v) is 3.64. The van der Waals surface area contributed by atoms with E-state index in [0.29, 0.717) is 6.10 Å². The molecular formula is C12H17BrN2O. The number of hydrogen-bond acceptors (Lipinski definition) is 3. The van der Waals surface area contributed by atoms with Gasteiger partial charge >= 0.3 is 0 Å². The first-order valence-corrected chi connectivity index (χ1v) is 6.53. The van der Waals surface area contributed by atoms with Crippen molar-refractivity contribution >= 4 is 21.7 Å². The van der Waals surface area contributed by atoms with Crippen molar-refractivity contribution in [2.75, 3.05) is 18.5 Å². The average molecular weight is 285 g/mol. The lowest BCUT2D eigenvalue weighted by molar-refractivity contribution is 0.0247. The quantitative estimate of drug-likeness (QED) is 0.926. The van der Waals surface area contributed by atoms with Gasteiger partial charge in [0.05, 0.1) is 11.8 Å². The number of ether oxygens (including phenoxy) is 1. The zero-order valence-electron chi connectivity index (χ0n) is 9.50. The van der Waals surface area contributed by atoms with Crippen molar-refractivity contribution in [2.45, 2.75) is 32.3 Å². The van der Waals surface area contributed by atoms with Crippen LogP contribution in [0.5, 0.6) is 0 Å². The molecule has 0 amide bonds. The summed E-state index contributed by atoms with van der Waals surface area (Å²) in [6.07, 6.45) is 3.98. The third kappa shape index (κ3) is 3.19. The van der Waals surface area contributed by atoms with Crippen molar-refractivity contribution in [2.24, 2.45) is 0 Å². The molecule has 0 aromatic carbocycles. The molecule has 1 aromatic rings. The van der Waals surface area contributed by atoms with E-state index in [1.807, 2.05) is 19.1 Å². The lowest BCUT2D eigenvalue weighted by atomic mass is 10.1. The van der Waals surface area contributed by atoms with Gasteiger partial charge < -0.3 is 10.1 Å². The maximum absolute atomic E-state index is 5.65. The van der Waals surface area contributed by atoms with E-state index in [1.165, 1.54) is 12.8 Å². The maximum Gasteiger partial charge on any atom is 0.126 e. The number of hydrogen-bond donors (Lipinski definition) is 1. The van der Waals surface area contributed by atoms with Gasteiger partial charge in [0, 0.05) is 17.6 Å². The summed E-state index contributed by atoms with van der Waals surface area (Å²) in [6.45, 7) is 3.75. The fraction of sp³-hybridized carbons (Fsp3) is 0.583. The summed E-state index contributed by atoms with van der Waals surface area (Å²) in [5, 5.41) is 3.33. The number of halogens is 1. The minimum Gasteiger partial charge on any atom is -0.376 e. The summed E-state index contributed by atoms with van der Waals surface area (Å²) in [6, 6.07) is 4.01. The average Bonchev–Trinajstić information content (AvgIpc) is 2.32. The second-order valence-corrected chi connectivity index (χ2v) is 4.99. The zero-order chi connectivity index (χ0) is 11.4. The Morgan fingerprint density at radius 2 is 2.38 bits per heavy atom. The van der Waals surface area contributed by atoms with Gasteiger partial charge in [0.2, 0.25) is 0 Å². The van der Waals surface area contributed by atoms with Crippen LogP contribution in [0.4, 0.5) is 5.82 Å². The largest absolute Gasteiger partial charge is 0.376 e. The first-order chi connectivity index (χ1) is 7.75. The lowest BCUT2D eigenvalue weighted by Crippen LogP contribution is -2.27. The van der Waals surface area contributed by atoms with Gasteiger partial charge in [-0.1, -0.05) is 0 Å². The van der Waals surface area contributed by atoms with Crippen molar-refractivity contribution in [3.63, 3.8) is 0 Å². The van der Waals surface area contributed by atoms with Gasteiger partial charge in [-0.25, -0.2) is 4.98 Å². The third-order valence-electron chi connectivity index (χ3n) is 2.81. The van der Waals surface area contributed by atoms with Crippen LogP contribution in [0.1, 0.15) is 25.0 Å². The normalized spacial score (nSPS) is 20.8. The Morgan fingerprint density at radius 3 is 3.06 bits per heavy atom. The van der Waals surface area contributed by atoms with Gasteiger partial charge in [-0.2, -0.15) is 0 Å². The van der Waals surface area contributed by atoms with Crippen molar-refractivity contribution < 1.29 is 4.74 Å². The molecule has 0 bridgehead atoms. The molecule has 1 saturated heterocycles. The molecule has 2 heterocycles. The molecule has 3 nitrogen and oxygen atoms in total. The van der Waals surface area contributed by atoms with Crippen molar-refractivity contribution in [3.8, 4) is 0 Å². The summed E-state index contributed by atoms with van der Waals surface area (Å²) in [4.78, 5) is 4.44. The molecule has 0 saturated carbocycles. The van der Waals surface area contributed by atoms with Crippen LogP contribution in [0.3, 0.4) is 0 Å². The monoisotopic (exact) mass is 284 g/mol. The molecule has 0 aliphatic carbocycles. The Balaban J connectivity index is 1.86. The lowest BCUT2D eigenvalue weighted by Gasteiger charge is -2.23. The SMILES string of the molecule is Cc1nc(NCC2CCCCO2)ccc1Br. The molecule has 1 unspecified atom stereocenters. The van der Waals surface area contributed by atoms with Gasteiger partial charge in [-0.05, 0) is 54.2 Å². The number of anilines is 1. The zero-order valence-corrected chi connectivity index (χ0v) is 11.1. The molecule has 0 spiro atoms. The summed E-state index contributed by atoms with van der Waals surface area (Å²) in [5.74, 6) is 0.926. The molecule has 1 aliphatic rings. The van der Waals surface area contributed by atoms with Crippen LogP contribution >= 0.6 is 15.9 Å². The second kappa shape index (κ2) is 5.64. The Morgan fingerprint density at radius 1 is 1.50 bits per heavy atom. The maximum atomic E-state index is 5.65. The highest BCUT2D eigenvalue weighted by Crippen LogP contribution is 2.17. The van der Waals surface area contributed by atoms with E-state index < -0.39 is 0 Å². The van der Waals surface area contributed by atoms with Crippen molar-refractivity contribution in [1.82, 2.24) is 4.98 Å². The molecule has 1 N–H and O–H groups in total. The Kier molecular flexibility index (Phi) is 4.18. The Bertz CT molecular complexity index is 351. The fourth-order valence-corrected chi connectivity index (χ4v) is 2.05. The summed E-state index contributed by atoms with van der Waals surface area (Å²) < 4.78 is 6.70. The predicted molar refractivity (Wildman–Crippen MR) is 68.8 cm³/mol. The number of nitrogens with zero attached hydrogens (tertiary/aromatic N) is 1. The number of nitrogens with one attached hydrogen (secondary N) is 1. The molecule has 0 radical (unpaired) electrons. The molecule has 1 aliphatic heterocycles. The highest BCUT2D eigenvalue weighted by molar-refractivity contribution is 9.10. The molecule has 4 heteroatoms. The molecule has 1 fully saturated rings. The van der Waals surface area contributed by atoms with E-state index in [1.54, 1.807) is 0 Å². The fourth-order valence-electron chi connectivity index (χ4n) is 1.83. The van der Waals surface area contributed by atoms with E-state index >= 15 is 0 Å². The smallest absolute Gasteiger partial charge is 0.126 e. The highest BCUT2D eigenvalue weighted by atomic mass is 79.9. The van der Waals surface area contributed by atoms with Crippen molar-refractivity contribution in [3.05, 3.63) is 22.3 Å². The van der Waals surface area contributed by atoms with Gasteiger partial charge in [0.15, 0.2) is 0 Å². The standard InChI is InChI=1S/C12H17BrN2O/c1-9-11(13)5-6-12(15-9)14-8-10-4-2-3-7-16-10/h5-6,10H,2-4,7-8H2,1H3,(H,14,15). The Hall–Kier alpha value is -0.610. The molecular weight excluding hydrogens is 268 g/mol.